The summed E-state index contributed by atoms with van der Waals surface area (Å²) < 4.78 is 6.08. The molecule has 4 heteroatoms. The maximum absolute atomic E-state index is 12.2. The molecular weight excluding hydrogens is 330 g/mol. The highest BCUT2D eigenvalue weighted by Crippen LogP contribution is 2.17. The molecule has 0 radical (unpaired) electrons. The Kier molecular flexibility index (Phi) is 5.53. The van der Waals surface area contributed by atoms with Crippen molar-refractivity contribution in [1.29, 1.82) is 0 Å². The Hall–Kier alpha value is -1.65. The molecule has 0 heterocycles. The van der Waals surface area contributed by atoms with Gasteiger partial charge in [0.2, 0.25) is 0 Å². The Balaban J connectivity index is 2.01. The van der Waals surface area contributed by atoms with E-state index in [1.807, 2.05) is 55.5 Å². The van der Waals surface area contributed by atoms with Crippen molar-refractivity contribution < 1.29 is 9.53 Å². The lowest BCUT2D eigenvalue weighted by molar-refractivity contribution is 0.0940. The molecule has 3 nitrogen and oxygen atoms in total. The molecule has 0 aromatic heterocycles. The second-order valence-electron chi connectivity index (χ2n) is 4.88. The van der Waals surface area contributed by atoms with Gasteiger partial charge in [-0.1, -0.05) is 40.2 Å². The number of amides is 1. The summed E-state index contributed by atoms with van der Waals surface area (Å²) >= 11 is 3.40. The van der Waals surface area contributed by atoms with Crippen molar-refractivity contribution in [3.8, 4) is 0 Å². The molecule has 0 bridgehead atoms. The first kappa shape index (κ1) is 15.7. The maximum atomic E-state index is 12.2. The Morgan fingerprint density at radius 3 is 2.33 bits per heavy atom. The highest BCUT2D eigenvalue weighted by molar-refractivity contribution is 9.10. The molecule has 2 aromatic rings. The minimum absolute atomic E-state index is 0.0377. The van der Waals surface area contributed by atoms with Crippen LogP contribution in [0.4, 0.5) is 0 Å². The van der Waals surface area contributed by atoms with E-state index in [1.54, 1.807) is 7.11 Å². The van der Waals surface area contributed by atoms with Crippen LogP contribution in [0.5, 0.6) is 0 Å². The highest BCUT2D eigenvalue weighted by atomic mass is 79.9. The average Bonchev–Trinajstić information content (AvgIpc) is 2.49. The lowest BCUT2D eigenvalue weighted by Crippen LogP contribution is -2.26. The molecule has 21 heavy (non-hydrogen) atoms. The Morgan fingerprint density at radius 2 is 1.76 bits per heavy atom. The summed E-state index contributed by atoms with van der Waals surface area (Å²) in [5.41, 5.74) is 2.77. The zero-order valence-electron chi connectivity index (χ0n) is 12.1. The number of hydrogen-bond donors (Lipinski definition) is 1. The summed E-state index contributed by atoms with van der Waals surface area (Å²) in [5, 5.41) is 3.00. The van der Waals surface area contributed by atoms with E-state index < -0.39 is 0 Å². The highest BCUT2D eigenvalue weighted by Gasteiger charge is 2.11. The largest absolute Gasteiger partial charge is 0.380 e. The molecule has 0 fully saturated rings. The molecule has 0 saturated heterocycles. The third-order valence-electron chi connectivity index (χ3n) is 3.24. The summed E-state index contributed by atoms with van der Waals surface area (Å²) in [6, 6.07) is 15.3. The number of benzene rings is 2. The minimum Gasteiger partial charge on any atom is -0.380 e. The summed E-state index contributed by atoms with van der Waals surface area (Å²) in [7, 11) is 1.65. The van der Waals surface area contributed by atoms with Gasteiger partial charge in [0.1, 0.15) is 0 Å². The lowest BCUT2D eigenvalue weighted by Gasteiger charge is -2.14. The Bertz CT molecular complexity index is 593. The summed E-state index contributed by atoms with van der Waals surface area (Å²) in [6.45, 7) is 2.53. The first-order valence-corrected chi connectivity index (χ1v) is 7.53. The molecule has 1 N–H and O–H groups in total. The van der Waals surface area contributed by atoms with Crippen LogP contribution in [0.1, 0.15) is 34.5 Å². The summed E-state index contributed by atoms with van der Waals surface area (Å²) in [5.74, 6) is -0.0746. The second-order valence-corrected chi connectivity index (χ2v) is 5.79. The fraction of sp³-hybridized carbons (Fsp3) is 0.235. The van der Waals surface area contributed by atoms with Gasteiger partial charge in [0, 0.05) is 17.1 Å². The molecule has 2 rings (SSSR count). The van der Waals surface area contributed by atoms with Crippen molar-refractivity contribution in [3.63, 3.8) is 0 Å². The van der Waals surface area contributed by atoms with E-state index in [4.69, 9.17) is 4.74 Å². The van der Waals surface area contributed by atoms with Crippen LogP contribution < -0.4 is 5.32 Å². The van der Waals surface area contributed by atoms with Gasteiger partial charge < -0.3 is 10.1 Å². The van der Waals surface area contributed by atoms with Gasteiger partial charge in [0.05, 0.1) is 12.6 Å². The molecule has 0 aliphatic heterocycles. The first-order valence-electron chi connectivity index (χ1n) is 6.74. The van der Waals surface area contributed by atoms with Gasteiger partial charge in [0.25, 0.3) is 5.91 Å². The van der Waals surface area contributed by atoms with E-state index in [9.17, 15) is 4.79 Å². The normalized spacial score (nSPS) is 12.0. The van der Waals surface area contributed by atoms with Gasteiger partial charge in [-0.25, -0.2) is 0 Å². The minimum atomic E-state index is -0.0746. The van der Waals surface area contributed by atoms with Gasteiger partial charge >= 0.3 is 0 Å². The van der Waals surface area contributed by atoms with E-state index in [1.165, 1.54) is 0 Å². The first-order chi connectivity index (χ1) is 10.1. The van der Waals surface area contributed by atoms with E-state index in [0.29, 0.717) is 12.2 Å². The van der Waals surface area contributed by atoms with Crippen molar-refractivity contribution in [1.82, 2.24) is 5.32 Å². The number of carbonyl (C=O) groups is 1. The Morgan fingerprint density at radius 1 is 1.14 bits per heavy atom. The monoisotopic (exact) mass is 347 g/mol. The fourth-order valence-electron chi connectivity index (χ4n) is 2.03. The predicted octanol–water partition coefficient (Wildman–Crippen LogP) is 4.09. The van der Waals surface area contributed by atoms with E-state index in [0.717, 1.165) is 15.6 Å². The van der Waals surface area contributed by atoms with Gasteiger partial charge in [0.15, 0.2) is 0 Å². The second kappa shape index (κ2) is 7.38. The number of rotatable bonds is 5. The van der Waals surface area contributed by atoms with E-state index in [-0.39, 0.29) is 11.9 Å². The molecule has 0 spiro atoms. The molecule has 2 aromatic carbocycles. The average molecular weight is 348 g/mol. The summed E-state index contributed by atoms with van der Waals surface area (Å²) in [6.07, 6.45) is 0. The van der Waals surface area contributed by atoms with E-state index >= 15 is 0 Å². The van der Waals surface area contributed by atoms with Crippen molar-refractivity contribution in [2.24, 2.45) is 0 Å². The quantitative estimate of drug-likeness (QED) is 0.884. The van der Waals surface area contributed by atoms with Crippen LogP contribution in [0, 0.1) is 0 Å². The van der Waals surface area contributed by atoms with Gasteiger partial charge in [-0.05, 0) is 42.3 Å². The van der Waals surface area contributed by atoms with Crippen LogP contribution in [0.2, 0.25) is 0 Å². The van der Waals surface area contributed by atoms with Crippen LogP contribution in [0.15, 0.2) is 53.0 Å². The Labute approximate surface area is 133 Å². The topological polar surface area (TPSA) is 38.3 Å². The molecule has 1 amide bonds. The molecule has 0 unspecified atom stereocenters. The van der Waals surface area contributed by atoms with Crippen molar-refractivity contribution in [2.45, 2.75) is 19.6 Å². The third kappa shape index (κ3) is 4.41. The standard InChI is InChI=1S/C17H18BrNO2/c1-12(14-7-9-16(18)10-8-14)19-17(20)15-5-3-13(4-6-15)11-21-2/h3-10,12H,11H2,1-2H3,(H,19,20)/t12-/m0/s1. The third-order valence-corrected chi connectivity index (χ3v) is 3.77. The predicted molar refractivity (Wildman–Crippen MR) is 87.2 cm³/mol. The zero-order valence-corrected chi connectivity index (χ0v) is 13.7. The zero-order chi connectivity index (χ0) is 15.2. The maximum Gasteiger partial charge on any atom is 0.251 e. The number of carbonyl (C=O) groups excluding carboxylic acids is 1. The van der Waals surface area contributed by atoms with Crippen LogP contribution in [-0.4, -0.2) is 13.0 Å². The SMILES string of the molecule is COCc1ccc(C(=O)N[C@@H](C)c2ccc(Br)cc2)cc1. The lowest BCUT2D eigenvalue weighted by atomic mass is 10.1. The number of halogens is 1. The molecule has 0 saturated carbocycles. The van der Waals surface area contributed by atoms with Gasteiger partial charge in [-0.15, -0.1) is 0 Å². The molecule has 110 valence electrons. The molecule has 0 aliphatic rings. The number of hydrogen-bond acceptors (Lipinski definition) is 2. The van der Waals surface area contributed by atoms with Crippen molar-refractivity contribution in [3.05, 3.63) is 69.7 Å². The number of nitrogens with one attached hydrogen (secondary N) is 1. The fourth-order valence-corrected chi connectivity index (χ4v) is 2.30. The van der Waals surface area contributed by atoms with Crippen LogP contribution in [0.25, 0.3) is 0 Å². The summed E-state index contributed by atoms with van der Waals surface area (Å²) in [4.78, 5) is 12.2. The van der Waals surface area contributed by atoms with Crippen molar-refractivity contribution >= 4 is 21.8 Å². The van der Waals surface area contributed by atoms with E-state index in [2.05, 4.69) is 21.2 Å². The van der Waals surface area contributed by atoms with Gasteiger partial charge in [-0.3, -0.25) is 4.79 Å². The van der Waals surface area contributed by atoms with Crippen LogP contribution >= 0.6 is 15.9 Å². The van der Waals surface area contributed by atoms with Crippen LogP contribution in [-0.2, 0) is 11.3 Å². The smallest absolute Gasteiger partial charge is 0.251 e. The molecule has 0 aliphatic carbocycles. The van der Waals surface area contributed by atoms with Crippen molar-refractivity contribution in [2.75, 3.05) is 7.11 Å². The number of methoxy groups -OCH3 is 1. The molecular formula is C17H18BrNO2. The number of ether oxygens (including phenoxy) is 1. The molecule has 1 atom stereocenters. The van der Waals surface area contributed by atoms with Gasteiger partial charge in [-0.2, -0.15) is 0 Å². The van der Waals surface area contributed by atoms with Crippen LogP contribution in [0.3, 0.4) is 0 Å².